The highest BCUT2D eigenvalue weighted by atomic mass is 35.5. The first-order valence-corrected chi connectivity index (χ1v) is 6.79. The van der Waals surface area contributed by atoms with E-state index < -0.39 is 11.9 Å². The van der Waals surface area contributed by atoms with Crippen molar-refractivity contribution in [3.63, 3.8) is 0 Å². The lowest BCUT2D eigenvalue weighted by Gasteiger charge is -2.07. The van der Waals surface area contributed by atoms with Crippen LogP contribution in [0.2, 0.25) is 5.02 Å². The van der Waals surface area contributed by atoms with Crippen molar-refractivity contribution in [2.45, 2.75) is 13.1 Å². The van der Waals surface area contributed by atoms with Gasteiger partial charge in [-0.2, -0.15) is 0 Å². The number of carboxylic acids is 2. The number of carboxylic acid groups (broad SMARTS) is 2. The molecule has 0 aliphatic rings. The molecular formula is C15H14ClFN2O4. The Morgan fingerprint density at radius 2 is 1.78 bits per heavy atom. The zero-order valence-corrected chi connectivity index (χ0v) is 12.6. The minimum atomic E-state index is -1.82. The minimum absolute atomic E-state index is 0.286. The predicted octanol–water partition coefficient (Wildman–Crippen LogP) is 2.32. The number of nitrogens with one attached hydrogen (secondary N) is 1. The third kappa shape index (κ3) is 6.86. The molecular weight excluding hydrogens is 327 g/mol. The normalized spacial score (nSPS) is 9.65. The van der Waals surface area contributed by atoms with Gasteiger partial charge in [0, 0.05) is 29.9 Å². The summed E-state index contributed by atoms with van der Waals surface area (Å²) in [6, 6.07) is 10.4. The maximum atomic E-state index is 13.4. The molecule has 1 aromatic carbocycles. The van der Waals surface area contributed by atoms with Gasteiger partial charge >= 0.3 is 11.9 Å². The second-order valence-corrected chi connectivity index (χ2v) is 4.64. The largest absolute Gasteiger partial charge is 0.473 e. The molecule has 2 rings (SSSR count). The highest BCUT2D eigenvalue weighted by molar-refractivity contribution is 6.31. The number of nitrogens with zero attached hydrogens (tertiary/aromatic N) is 1. The van der Waals surface area contributed by atoms with E-state index in [-0.39, 0.29) is 5.82 Å². The molecule has 1 heterocycles. The summed E-state index contributed by atoms with van der Waals surface area (Å²) in [5.74, 6) is -3.93. The van der Waals surface area contributed by atoms with Gasteiger partial charge in [0.2, 0.25) is 0 Å². The molecule has 0 aliphatic carbocycles. The van der Waals surface area contributed by atoms with Crippen LogP contribution in [0.15, 0.2) is 42.6 Å². The molecule has 0 aliphatic heterocycles. The molecule has 0 fully saturated rings. The maximum Gasteiger partial charge on any atom is 0.414 e. The van der Waals surface area contributed by atoms with Crippen molar-refractivity contribution >= 4 is 23.5 Å². The van der Waals surface area contributed by atoms with Crippen LogP contribution in [0.3, 0.4) is 0 Å². The molecule has 0 bridgehead atoms. The average molecular weight is 341 g/mol. The summed E-state index contributed by atoms with van der Waals surface area (Å²) in [6.45, 7) is 0.980. The van der Waals surface area contributed by atoms with Gasteiger partial charge in [-0.15, -0.1) is 0 Å². The lowest BCUT2D eigenvalue weighted by atomic mass is 10.2. The molecule has 6 nitrogen and oxygen atoms in total. The van der Waals surface area contributed by atoms with Gasteiger partial charge in [0.25, 0.3) is 0 Å². The van der Waals surface area contributed by atoms with Crippen molar-refractivity contribution in [3.8, 4) is 0 Å². The Hall–Kier alpha value is -2.51. The summed E-state index contributed by atoms with van der Waals surface area (Å²) in [4.78, 5) is 22.4. The number of pyridine rings is 1. The van der Waals surface area contributed by atoms with Crippen LogP contribution >= 0.6 is 11.6 Å². The van der Waals surface area contributed by atoms with E-state index in [0.29, 0.717) is 23.7 Å². The maximum absolute atomic E-state index is 13.4. The molecule has 3 N–H and O–H groups in total. The van der Waals surface area contributed by atoms with Crippen LogP contribution in [0, 0.1) is 5.82 Å². The van der Waals surface area contributed by atoms with E-state index in [9.17, 15) is 4.39 Å². The van der Waals surface area contributed by atoms with Crippen LogP contribution < -0.4 is 5.32 Å². The van der Waals surface area contributed by atoms with E-state index in [1.54, 1.807) is 18.3 Å². The van der Waals surface area contributed by atoms with Crippen LogP contribution in [-0.4, -0.2) is 27.1 Å². The Kier molecular flexibility index (Phi) is 7.65. The summed E-state index contributed by atoms with van der Waals surface area (Å²) in [5.41, 5.74) is 1.41. The van der Waals surface area contributed by atoms with Crippen LogP contribution in [0.5, 0.6) is 0 Å². The second-order valence-electron chi connectivity index (χ2n) is 4.24. The van der Waals surface area contributed by atoms with E-state index in [1.165, 1.54) is 6.07 Å². The van der Waals surface area contributed by atoms with Gasteiger partial charge in [0.05, 0.1) is 5.69 Å². The van der Waals surface area contributed by atoms with Gasteiger partial charge in [0.15, 0.2) is 0 Å². The molecule has 122 valence electrons. The highest BCUT2D eigenvalue weighted by Gasteiger charge is 2.06. The van der Waals surface area contributed by atoms with Gasteiger partial charge < -0.3 is 15.5 Å². The minimum Gasteiger partial charge on any atom is -0.473 e. The van der Waals surface area contributed by atoms with Crippen molar-refractivity contribution in [1.29, 1.82) is 0 Å². The van der Waals surface area contributed by atoms with Crippen molar-refractivity contribution < 1.29 is 24.2 Å². The molecule has 0 radical (unpaired) electrons. The summed E-state index contributed by atoms with van der Waals surface area (Å²) < 4.78 is 13.4. The van der Waals surface area contributed by atoms with E-state index in [4.69, 9.17) is 31.4 Å². The molecule has 23 heavy (non-hydrogen) atoms. The molecule has 0 saturated carbocycles. The average Bonchev–Trinajstić information content (AvgIpc) is 2.52. The molecule has 0 saturated heterocycles. The molecule has 1 aromatic heterocycles. The van der Waals surface area contributed by atoms with Crippen molar-refractivity contribution in [3.05, 3.63) is 64.7 Å². The number of halogens is 2. The summed E-state index contributed by atoms with van der Waals surface area (Å²) in [6.07, 6.45) is 1.73. The fraction of sp³-hybridized carbons (Fsp3) is 0.133. The van der Waals surface area contributed by atoms with E-state index in [0.717, 1.165) is 5.69 Å². The molecule has 0 atom stereocenters. The lowest BCUT2D eigenvalue weighted by Crippen LogP contribution is -2.14. The quantitative estimate of drug-likeness (QED) is 0.739. The van der Waals surface area contributed by atoms with E-state index in [2.05, 4.69) is 10.3 Å². The third-order valence-corrected chi connectivity index (χ3v) is 2.93. The monoisotopic (exact) mass is 340 g/mol. The second kappa shape index (κ2) is 9.50. The number of aliphatic carboxylic acids is 2. The molecule has 0 spiro atoms. The standard InChI is InChI=1S/C13H12ClFN2.C2H2O4/c14-12-5-3-6-13(15)11(12)9-16-8-10-4-1-2-7-17-10;3-1(4)2(5)6/h1-7,16H,8-9H2;(H,3,4)(H,5,6). The molecule has 8 heteroatoms. The Bertz CT molecular complexity index is 636. The zero-order chi connectivity index (χ0) is 17.2. The van der Waals surface area contributed by atoms with Gasteiger partial charge in [-0.1, -0.05) is 23.7 Å². The smallest absolute Gasteiger partial charge is 0.414 e. The number of aromatic nitrogens is 1. The summed E-state index contributed by atoms with van der Waals surface area (Å²) in [5, 5.41) is 18.3. The first-order valence-electron chi connectivity index (χ1n) is 6.41. The first kappa shape index (κ1) is 18.5. The number of hydrogen-bond acceptors (Lipinski definition) is 4. The van der Waals surface area contributed by atoms with Crippen LogP contribution in [0.1, 0.15) is 11.3 Å². The van der Waals surface area contributed by atoms with E-state index in [1.807, 2.05) is 18.2 Å². The Balaban J connectivity index is 0.000000379. The van der Waals surface area contributed by atoms with Crippen molar-refractivity contribution in [1.82, 2.24) is 10.3 Å². The summed E-state index contributed by atoms with van der Waals surface area (Å²) in [7, 11) is 0. The van der Waals surface area contributed by atoms with E-state index >= 15 is 0 Å². The van der Waals surface area contributed by atoms with Gasteiger partial charge in [-0.25, -0.2) is 14.0 Å². The SMILES string of the molecule is Fc1cccc(Cl)c1CNCc1ccccn1.O=C(O)C(=O)O. The fourth-order valence-electron chi connectivity index (χ4n) is 1.52. The molecule has 0 amide bonds. The van der Waals surface area contributed by atoms with Crippen LogP contribution in [0.4, 0.5) is 4.39 Å². The number of hydrogen-bond donors (Lipinski definition) is 3. The van der Waals surface area contributed by atoms with Gasteiger partial charge in [-0.3, -0.25) is 4.98 Å². The summed E-state index contributed by atoms with van der Waals surface area (Å²) >= 11 is 5.92. The number of rotatable bonds is 4. The predicted molar refractivity (Wildman–Crippen MR) is 81.5 cm³/mol. The first-order chi connectivity index (χ1) is 10.9. The number of benzene rings is 1. The van der Waals surface area contributed by atoms with Gasteiger partial charge in [0.1, 0.15) is 5.82 Å². The Labute approximate surface area is 136 Å². The molecule has 2 aromatic rings. The number of carbonyl (C=O) groups is 2. The third-order valence-electron chi connectivity index (χ3n) is 2.58. The van der Waals surface area contributed by atoms with Crippen molar-refractivity contribution in [2.75, 3.05) is 0 Å². The van der Waals surface area contributed by atoms with Crippen LogP contribution in [0.25, 0.3) is 0 Å². The highest BCUT2D eigenvalue weighted by Crippen LogP contribution is 2.18. The fourth-order valence-corrected chi connectivity index (χ4v) is 1.75. The lowest BCUT2D eigenvalue weighted by molar-refractivity contribution is -0.159. The zero-order valence-electron chi connectivity index (χ0n) is 11.9. The topological polar surface area (TPSA) is 99.5 Å². The Morgan fingerprint density at radius 1 is 1.09 bits per heavy atom. The van der Waals surface area contributed by atoms with Crippen LogP contribution in [-0.2, 0) is 22.7 Å². The van der Waals surface area contributed by atoms with Gasteiger partial charge in [-0.05, 0) is 24.3 Å². The molecule has 0 unspecified atom stereocenters. The Morgan fingerprint density at radius 3 is 2.30 bits per heavy atom. The van der Waals surface area contributed by atoms with Crippen molar-refractivity contribution in [2.24, 2.45) is 0 Å².